The summed E-state index contributed by atoms with van der Waals surface area (Å²) in [5.41, 5.74) is 9.87. The summed E-state index contributed by atoms with van der Waals surface area (Å²) in [4.78, 5) is 8.72. The maximum atomic E-state index is 5.68. The molecular formula is C14H13N3O. The van der Waals surface area contributed by atoms with Gasteiger partial charge in [0.15, 0.2) is 11.2 Å². The molecule has 1 aromatic carbocycles. The van der Waals surface area contributed by atoms with Gasteiger partial charge in [-0.2, -0.15) is 4.98 Å². The summed E-state index contributed by atoms with van der Waals surface area (Å²) < 4.78 is 5.68. The highest BCUT2D eigenvalue weighted by Crippen LogP contribution is 2.23. The molecule has 0 fully saturated rings. The molecule has 0 saturated heterocycles. The molecule has 18 heavy (non-hydrogen) atoms. The van der Waals surface area contributed by atoms with Crippen molar-refractivity contribution in [1.82, 2.24) is 9.97 Å². The molecule has 0 bridgehead atoms. The Morgan fingerprint density at radius 2 is 1.83 bits per heavy atom. The maximum Gasteiger partial charge on any atom is 0.228 e. The molecule has 0 aliphatic rings. The van der Waals surface area contributed by atoms with Crippen molar-refractivity contribution in [2.45, 2.75) is 13.5 Å². The predicted molar refractivity (Wildman–Crippen MR) is 69.9 cm³/mol. The molecule has 0 aliphatic heterocycles. The Balaban J connectivity index is 2.07. The van der Waals surface area contributed by atoms with Crippen LogP contribution in [0.4, 0.5) is 0 Å². The number of benzene rings is 1. The molecule has 0 radical (unpaired) electrons. The molecule has 0 unspecified atom stereocenters. The lowest BCUT2D eigenvalue weighted by atomic mass is 10.1. The molecule has 4 nitrogen and oxygen atoms in total. The Morgan fingerprint density at radius 3 is 2.56 bits per heavy atom. The number of rotatable bonds is 2. The SMILES string of the molecule is Cc1ccc2oc(-c3ccc(CN)cc3)nc2n1. The number of nitrogens with zero attached hydrogens (tertiary/aromatic N) is 2. The highest BCUT2D eigenvalue weighted by Gasteiger charge is 2.08. The zero-order chi connectivity index (χ0) is 12.5. The van der Waals surface area contributed by atoms with Crippen molar-refractivity contribution in [3.63, 3.8) is 0 Å². The van der Waals surface area contributed by atoms with Gasteiger partial charge in [-0.05, 0) is 36.8 Å². The molecule has 3 rings (SSSR count). The van der Waals surface area contributed by atoms with Crippen LogP contribution in [0, 0.1) is 6.92 Å². The first-order valence-electron chi connectivity index (χ1n) is 5.80. The van der Waals surface area contributed by atoms with Crippen molar-refractivity contribution in [1.29, 1.82) is 0 Å². The maximum absolute atomic E-state index is 5.68. The molecule has 0 aliphatic carbocycles. The van der Waals surface area contributed by atoms with Crippen LogP contribution in [0.3, 0.4) is 0 Å². The van der Waals surface area contributed by atoms with E-state index in [4.69, 9.17) is 10.2 Å². The molecule has 0 atom stereocenters. The molecule has 0 amide bonds. The second-order valence-electron chi connectivity index (χ2n) is 4.19. The lowest BCUT2D eigenvalue weighted by molar-refractivity contribution is 0.619. The van der Waals surface area contributed by atoms with Gasteiger partial charge in [-0.1, -0.05) is 12.1 Å². The number of pyridine rings is 1. The van der Waals surface area contributed by atoms with Gasteiger partial charge in [0.1, 0.15) is 0 Å². The van der Waals surface area contributed by atoms with Crippen molar-refractivity contribution in [2.75, 3.05) is 0 Å². The van der Waals surface area contributed by atoms with Gasteiger partial charge in [0.25, 0.3) is 0 Å². The fourth-order valence-electron chi connectivity index (χ4n) is 1.82. The van der Waals surface area contributed by atoms with Crippen molar-refractivity contribution in [2.24, 2.45) is 5.73 Å². The van der Waals surface area contributed by atoms with Gasteiger partial charge >= 0.3 is 0 Å². The van der Waals surface area contributed by atoms with Crippen molar-refractivity contribution < 1.29 is 4.42 Å². The summed E-state index contributed by atoms with van der Waals surface area (Å²) in [6.07, 6.45) is 0. The van der Waals surface area contributed by atoms with E-state index >= 15 is 0 Å². The summed E-state index contributed by atoms with van der Waals surface area (Å²) in [6, 6.07) is 11.7. The van der Waals surface area contributed by atoms with E-state index in [-0.39, 0.29) is 0 Å². The Kier molecular flexibility index (Phi) is 2.57. The summed E-state index contributed by atoms with van der Waals surface area (Å²) in [7, 11) is 0. The number of fused-ring (bicyclic) bond motifs is 1. The van der Waals surface area contributed by atoms with Crippen LogP contribution in [-0.4, -0.2) is 9.97 Å². The number of nitrogens with two attached hydrogens (primary N) is 1. The minimum Gasteiger partial charge on any atom is -0.434 e. The van der Waals surface area contributed by atoms with Gasteiger partial charge in [-0.15, -0.1) is 0 Å². The molecule has 0 saturated carbocycles. The van der Waals surface area contributed by atoms with E-state index in [2.05, 4.69) is 9.97 Å². The Bertz CT molecular complexity index is 686. The van der Waals surface area contributed by atoms with E-state index in [1.165, 1.54) is 0 Å². The molecule has 2 N–H and O–H groups in total. The van der Waals surface area contributed by atoms with E-state index in [1.54, 1.807) is 0 Å². The van der Waals surface area contributed by atoms with Crippen molar-refractivity contribution in [3.05, 3.63) is 47.7 Å². The third-order valence-electron chi connectivity index (χ3n) is 2.83. The smallest absolute Gasteiger partial charge is 0.228 e. The molecule has 3 aromatic rings. The normalized spacial score (nSPS) is 11.0. The average Bonchev–Trinajstić information content (AvgIpc) is 2.81. The second kappa shape index (κ2) is 4.23. The van der Waals surface area contributed by atoms with Crippen molar-refractivity contribution in [3.8, 4) is 11.5 Å². The van der Waals surface area contributed by atoms with E-state index in [0.29, 0.717) is 23.7 Å². The molecule has 2 aromatic heterocycles. The van der Waals surface area contributed by atoms with Crippen LogP contribution in [0.15, 0.2) is 40.8 Å². The van der Waals surface area contributed by atoms with Gasteiger partial charge in [-0.3, -0.25) is 0 Å². The van der Waals surface area contributed by atoms with E-state index in [9.17, 15) is 0 Å². The number of oxazole rings is 1. The first-order chi connectivity index (χ1) is 8.76. The lowest BCUT2D eigenvalue weighted by Gasteiger charge is -1.97. The van der Waals surface area contributed by atoms with Crippen LogP contribution in [0.5, 0.6) is 0 Å². The third-order valence-corrected chi connectivity index (χ3v) is 2.83. The number of hydrogen-bond acceptors (Lipinski definition) is 4. The van der Waals surface area contributed by atoms with Crippen LogP contribution in [0.1, 0.15) is 11.3 Å². The van der Waals surface area contributed by atoms with Crippen LogP contribution in [0.25, 0.3) is 22.7 Å². The van der Waals surface area contributed by atoms with Gasteiger partial charge in [0.2, 0.25) is 5.89 Å². The van der Waals surface area contributed by atoms with E-state index in [0.717, 1.165) is 16.8 Å². The van der Waals surface area contributed by atoms with Crippen LogP contribution in [0.2, 0.25) is 0 Å². The van der Waals surface area contributed by atoms with Gasteiger partial charge < -0.3 is 10.2 Å². The number of hydrogen-bond donors (Lipinski definition) is 1. The highest BCUT2D eigenvalue weighted by molar-refractivity contribution is 5.72. The molecule has 0 spiro atoms. The average molecular weight is 239 g/mol. The van der Waals surface area contributed by atoms with Gasteiger partial charge in [0.05, 0.1) is 0 Å². The zero-order valence-electron chi connectivity index (χ0n) is 10.1. The van der Waals surface area contributed by atoms with Crippen LogP contribution in [-0.2, 0) is 6.54 Å². The molecule has 2 heterocycles. The third kappa shape index (κ3) is 1.87. The number of aromatic nitrogens is 2. The Morgan fingerprint density at radius 1 is 1.06 bits per heavy atom. The topological polar surface area (TPSA) is 64.9 Å². The quantitative estimate of drug-likeness (QED) is 0.746. The van der Waals surface area contributed by atoms with Gasteiger partial charge in [-0.25, -0.2) is 4.98 Å². The largest absolute Gasteiger partial charge is 0.434 e. The first kappa shape index (κ1) is 10.9. The minimum atomic E-state index is 0.536. The summed E-state index contributed by atoms with van der Waals surface area (Å²) in [6.45, 7) is 2.47. The first-order valence-corrected chi connectivity index (χ1v) is 5.80. The molecular weight excluding hydrogens is 226 g/mol. The minimum absolute atomic E-state index is 0.536. The lowest BCUT2D eigenvalue weighted by Crippen LogP contribution is -1.95. The fourth-order valence-corrected chi connectivity index (χ4v) is 1.82. The Hall–Kier alpha value is -2.20. The Labute approximate surface area is 104 Å². The van der Waals surface area contributed by atoms with E-state index < -0.39 is 0 Å². The summed E-state index contributed by atoms with van der Waals surface area (Å²) in [5.74, 6) is 0.590. The monoisotopic (exact) mass is 239 g/mol. The highest BCUT2D eigenvalue weighted by atomic mass is 16.3. The summed E-state index contributed by atoms with van der Waals surface area (Å²) in [5, 5.41) is 0. The standard InChI is InChI=1S/C14H13N3O/c1-9-2-7-12-13(16-9)17-14(18-12)11-5-3-10(8-15)4-6-11/h2-7H,8,15H2,1H3. The van der Waals surface area contributed by atoms with Crippen LogP contribution < -0.4 is 5.73 Å². The fraction of sp³-hybridized carbons (Fsp3) is 0.143. The van der Waals surface area contributed by atoms with E-state index in [1.807, 2.05) is 43.3 Å². The zero-order valence-corrected chi connectivity index (χ0v) is 10.1. The number of aryl methyl sites for hydroxylation is 1. The summed E-state index contributed by atoms with van der Waals surface area (Å²) >= 11 is 0. The predicted octanol–water partition coefficient (Wildman–Crippen LogP) is 2.66. The molecule has 4 heteroatoms. The van der Waals surface area contributed by atoms with Crippen LogP contribution >= 0.6 is 0 Å². The molecule has 90 valence electrons. The van der Waals surface area contributed by atoms with Crippen molar-refractivity contribution >= 4 is 11.2 Å². The van der Waals surface area contributed by atoms with Gasteiger partial charge in [0, 0.05) is 17.8 Å². The second-order valence-corrected chi connectivity index (χ2v) is 4.19.